The molecule has 1 aromatic carbocycles. The zero-order valence-corrected chi connectivity index (χ0v) is 16.4. The molecule has 1 unspecified atom stereocenters. The highest BCUT2D eigenvalue weighted by Crippen LogP contribution is 2.31. The minimum Gasteiger partial charge on any atom is -0.383 e. The van der Waals surface area contributed by atoms with Gasteiger partial charge in [-0.25, -0.2) is 17.8 Å². The first-order valence-corrected chi connectivity index (χ1v) is 10.2. The molecule has 0 aliphatic heterocycles. The number of anilines is 1. The summed E-state index contributed by atoms with van der Waals surface area (Å²) < 4.78 is 27.2. The smallest absolute Gasteiger partial charge is 0.255 e. The molecular formula is C14H17Cl3N4O3S. The molecule has 1 heterocycles. The Hall–Kier alpha value is -1.06. The number of nitrogens with one attached hydrogen (secondary N) is 1. The van der Waals surface area contributed by atoms with Crippen molar-refractivity contribution in [1.82, 2.24) is 14.8 Å². The molecule has 0 saturated heterocycles. The van der Waals surface area contributed by atoms with E-state index in [0.29, 0.717) is 22.0 Å². The van der Waals surface area contributed by atoms with Crippen LogP contribution < -0.4 is 4.72 Å². The first kappa shape index (κ1) is 20.3. The van der Waals surface area contributed by atoms with Gasteiger partial charge in [0.05, 0.1) is 12.3 Å². The second-order valence-corrected chi connectivity index (χ2v) is 8.69. The highest BCUT2D eigenvalue weighted by Gasteiger charge is 2.27. The molecule has 1 aromatic heterocycles. The van der Waals surface area contributed by atoms with Crippen LogP contribution in [-0.2, 0) is 22.2 Å². The number of hydrogen-bond acceptors (Lipinski definition) is 5. The molecule has 0 spiro atoms. The molecule has 0 aliphatic rings. The Morgan fingerprint density at radius 3 is 2.72 bits per heavy atom. The Morgan fingerprint density at radius 2 is 2.08 bits per heavy atom. The third-order valence-electron chi connectivity index (χ3n) is 3.31. The number of hydrogen-bond donors (Lipinski definition) is 2. The van der Waals surface area contributed by atoms with Crippen LogP contribution >= 0.6 is 34.8 Å². The highest BCUT2D eigenvalue weighted by molar-refractivity contribution is 7.92. The Balaban J connectivity index is 2.12. The summed E-state index contributed by atoms with van der Waals surface area (Å²) in [5.41, 5.74) is -0.886. The van der Waals surface area contributed by atoms with Gasteiger partial charge >= 0.3 is 0 Å². The Labute approximate surface area is 161 Å². The number of alkyl halides is 1. The van der Waals surface area contributed by atoms with E-state index >= 15 is 0 Å². The van der Waals surface area contributed by atoms with Gasteiger partial charge in [-0.2, -0.15) is 4.98 Å². The number of aromatic nitrogens is 3. The van der Waals surface area contributed by atoms with Gasteiger partial charge in [-0.3, -0.25) is 0 Å². The normalized spacial score (nSPS) is 14.3. The lowest BCUT2D eigenvalue weighted by Gasteiger charge is -2.24. The molecule has 25 heavy (non-hydrogen) atoms. The van der Waals surface area contributed by atoms with Crippen LogP contribution in [0.25, 0.3) is 0 Å². The predicted octanol–water partition coefficient (Wildman–Crippen LogP) is 2.86. The summed E-state index contributed by atoms with van der Waals surface area (Å²) >= 11 is 17.5. The lowest BCUT2D eigenvalue weighted by molar-refractivity contribution is 0.0347. The summed E-state index contributed by atoms with van der Waals surface area (Å²) in [4.78, 5) is 3.89. The maximum absolute atomic E-state index is 11.8. The molecule has 11 heteroatoms. The van der Waals surface area contributed by atoms with Gasteiger partial charge in [-0.05, 0) is 25.5 Å². The van der Waals surface area contributed by atoms with Crippen LogP contribution in [0.15, 0.2) is 24.5 Å². The quantitative estimate of drug-likeness (QED) is 0.631. The zero-order valence-electron chi connectivity index (χ0n) is 13.3. The number of sulfonamides is 1. The second kappa shape index (κ2) is 8.09. The molecule has 0 fully saturated rings. The Morgan fingerprint density at radius 1 is 1.36 bits per heavy atom. The van der Waals surface area contributed by atoms with Crippen LogP contribution in [-0.4, -0.2) is 39.9 Å². The summed E-state index contributed by atoms with van der Waals surface area (Å²) in [7, 11) is -3.56. The average molecular weight is 428 g/mol. The van der Waals surface area contributed by atoms with E-state index in [4.69, 9.17) is 34.8 Å². The third-order valence-corrected chi connectivity index (χ3v) is 5.45. The third kappa shape index (κ3) is 5.72. The van der Waals surface area contributed by atoms with Crippen molar-refractivity contribution in [3.05, 3.63) is 40.1 Å². The van der Waals surface area contributed by atoms with Gasteiger partial charge in [0.15, 0.2) is 0 Å². The van der Waals surface area contributed by atoms with Crippen LogP contribution in [0.3, 0.4) is 0 Å². The number of nitrogens with zero attached hydrogens (tertiary/aromatic N) is 3. The molecule has 0 radical (unpaired) electrons. The lowest BCUT2D eigenvalue weighted by Crippen LogP contribution is -2.28. The van der Waals surface area contributed by atoms with Crippen molar-refractivity contribution < 1.29 is 13.5 Å². The number of benzene rings is 1. The van der Waals surface area contributed by atoms with Gasteiger partial charge in [0.25, 0.3) is 5.95 Å². The van der Waals surface area contributed by atoms with E-state index < -0.39 is 15.6 Å². The number of rotatable bonds is 8. The number of aliphatic hydroxyl groups is 1. The van der Waals surface area contributed by atoms with Crippen molar-refractivity contribution >= 4 is 50.8 Å². The fourth-order valence-electron chi connectivity index (χ4n) is 2.18. The molecule has 0 amide bonds. The zero-order chi connectivity index (χ0) is 18.7. The van der Waals surface area contributed by atoms with Gasteiger partial charge in [-0.1, -0.05) is 29.3 Å². The molecule has 1 atom stereocenters. The molecule has 7 nitrogen and oxygen atoms in total. The summed E-state index contributed by atoms with van der Waals surface area (Å²) in [5, 5.41) is 15.5. The van der Waals surface area contributed by atoms with Crippen molar-refractivity contribution in [2.75, 3.05) is 16.4 Å². The molecule has 0 bridgehead atoms. The molecule has 2 N–H and O–H groups in total. The van der Waals surface area contributed by atoms with Gasteiger partial charge < -0.3 is 5.11 Å². The number of halogens is 3. The first-order chi connectivity index (χ1) is 11.6. The van der Waals surface area contributed by atoms with Crippen LogP contribution in [0, 0.1) is 0 Å². The van der Waals surface area contributed by atoms with Gasteiger partial charge in [0, 0.05) is 21.5 Å². The van der Waals surface area contributed by atoms with E-state index in [0.717, 1.165) is 0 Å². The van der Waals surface area contributed by atoms with E-state index in [1.807, 2.05) is 0 Å². The minimum atomic E-state index is -3.56. The monoisotopic (exact) mass is 426 g/mol. The van der Waals surface area contributed by atoms with E-state index in [1.54, 1.807) is 19.1 Å². The Kier molecular flexibility index (Phi) is 6.56. The maximum Gasteiger partial charge on any atom is 0.255 e. The summed E-state index contributed by atoms with van der Waals surface area (Å²) in [5.74, 6) is 0.0453. The van der Waals surface area contributed by atoms with E-state index in [1.165, 1.54) is 17.1 Å². The van der Waals surface area contributed by atoms with E-state index in [-0.39, 0.29) is 24.1 Å². The van der Waals surface area contributed by atoms with Crippen molar-refractivity contribution in [2.24, 2.45) is 0 Å². The van der Waals surface area contributed by atoms with Gasteiger partial charge in [0.2, 0.25) is 10.0 Å². The maximum atomic E-state index is 11.8. The largest absolute Gasteiger partial charge is 0.383 e. The highest BCUT2D eigenvalue weighted by atomic mass is 35.5. The molecule has 0 saturated carbocycles. The van der Waals surface area contributed by atoms with Crippen LogP contribution in [0.2, 0.25) is 10.0 Å². The summed E-state index contributed by atoms with van der Waals surface area (Å²) in [6, 6.07) is 4.77. The topological polar surface area (TPSA) is 97.1 Å². The standard InChI is InChI=1S/C14H17Cl3N4O3S/c1-14(22,11-4-3-10(16)7-12(11)17)8-21-9-18-13(19-21)20-25(23,24)6-2-5-15/h3-4,7,9,22H,2,5-6,8H2,1H3,(H,19,20). The average Bonchev–Trinajstić information content (AvgIpc) is 2.90. The lowest BCUT2D eigenvalue weighted by atomic mass is 9.96. The van der Waals surface area contributed by atoms with Crippen LogP contribution in [0.4, 0.5) is 5.95 Å². The van der Waals surface area contributed by atoms with Crippen molar-refractivity contribution in [2.45, 2.75) is 25.5 Å². The molecule has 138 valence electrons. The molecule has 2 aromatic rings. The van der Waals surface area contributed by atoms with E-state index in [9.17, 15) is 13.5 Å². The van der Waals surface area contributed by atoms with Gasteiger partial charge in [-0.15, -0.1) is 16.7 Å². The first-order valence-electron chi connectivity index (χ1n) is 7.27. The Bertz CT molecular complexity index is 840. The molecular weight excluding hydrogens is 411 g/mol. The fraction of sp³-hybridized carbons (Fsp3) is 0.429. The molecule has 0 aliphatic carbocycles. The van der Waals surface area contributed by atoms with Crippen molar-refractivity contribution in [3.63, 3.8) is 0 Å². The minimum absolute atomic E-state index is 0.0186. The van der Waals surface area contributed by atoms with Crippen molar-refractivity contribution in [3.8, 4) is 0 Å². The summed E-state index contributed by atoms with van der Waals surface area (Å²) in [6.45, 7) is 1.58. The van der Waals surface area contributed by atoms with Crippen LogP contribution in [0.1, 0.15) is 18.9 Å². The van der Waals surface area contributed by atoms with Crippen molar-refractivity contribution in [1.29, 1.82) is 0 Å². The fourth-order valence-corrected chi connectivity index (χ4v) is 4.08. The molecule has 2 rings (SSSR count). The predicted molar refractivity (Wildman–Crippen MR) is 98.8 cm³/mol. The van der Waals surface area contributed by atoms with Gasteiger partial charge in [0.1, 0.15) is 11.9 Å². The second-order valence-electron chi connectivity index (χ2n) is 5.63. The SMILES string of the molecule is CC(O)(Cn1cnc(NS(=O)(=O)CCCCl)n1)c1ccc(Cl)cc1Cl. The van der Waals surface area contributed by atoms with E-state index in [2.05, 4.69) is 14.8 Å². The summed E-state index contributed by atoms with van der Waals surface area (Å²) in [6.07, 6.45) is 1.64. The van der Waals surface area contributed by atoms with Crippen LogP contribution in [0.5, 0.6) is 0 Å².